The van der Waals surface area contributed by atoms with Crippen molar-refractivity contribution in [1.29, 1.82) is 0 Å². The summed E-state index contributed by atoms with van der Waals surface area (Å²) in [7, 11) is 0. The van der Waals surface area contributed by atoms with Crippen molar-refractivity contribution in [3.8, 4) is 0 Å². The topological polar surface area (TPSA) is 48.5 Å². The van der Waals surface area contributed by atoms with Crippen LogP contribution >= 0.6 is 0 Å². The van der Waals surface area contributed by atoms with Crippen LogP contribution in [0.15, 0.2) is 16.9 Å². The average molecular weight is 123 g/mol. The normalized spacial score (nSPS) is 30.2. The van der Waals surface area contributed by atoms with Gasteiger partial charge in [-0.05, 0) is 0 Å². The molecule has 1 atom stereocenters. The van der Waals surface area contributed by atoms with Crippen molar-refractivity contribution in [2.24, 2.45) is 4.99 Å². The average Bonchev–Trinajstić information content (AvgIpc) is 2.33. The van der Waals surface area contributed by atoms with E-state index in [1.54, 1.807) is 13.0 Å². The summed E-state index contributed by atoms with van der Waals surface area (Å²) in [5.74, 6) is 0. The van der Waals surface area contributed by atoms with Crippen molar-refractivity contribution in [1.82, 2.24) is 16.0 Å². The van der Waals surface area contributed by atoms with Gasteiger partial charge in [0.05, 0.1) is 12.0 Å². The lowest BCUT2D eigenvalue weighted by molar-refractivity contribution is 0.570. The number of hydrogen-bond acceptors (Lipinski definition) is 4. The first-order valence-corrected chi connectivity index (χ1v) is 2.79. The van der Waals surface area contributed by atoms with E-state index in [1.165, 1.54) is 0 Å². The van der Waals surface area contributed by atoms with Crippen LogP contribution in [0, 0.1) is 6.67 Å². The summed E-state index contributed by atoms with van der Waals surface area (Å²) < 4.78 is 0. The third kappa shape index (κ3) is 0.675. The Morgan fingerprint density at radius 1 is 1.44 bits per heavy atom. The Kier molecular flexibility index (Phi) is 0.927. The van der Waals surface area contributed by atoms with E-state index in [9.17, 15) is 0 Å². The molecular weight excluding hydrogens is 116 g/mol. The van der Waals surface area contributed by atoms with Gasteiger partial charge < -0.3 is 10.6 Å². The van der Waals surface area contributed by atoms with Crippen molar-refractivity contribution in [2.75, 3.05) is 0 Å². The van der Waals surface area contributed by atoms with Crippen LogP contribution in [0.4, 0.5) is 0 Å². The lowest BCUT2D eigenvalue weighted by Gasteiger charge is -2.17. The smallest absolute Gasteiger partial charge is 0.125 e. The molecule has 3 N–H and O–H groups in total. The van der Waals surface area contributed by atoms with Gasteiger partial charge in [0.2, 0.25) is 0 Å². The molecule has 0 aromatic rings. The highest BCUT2D eigenvalue weighted by Crippen LogP contribution is 2.06. The van der Waals surface area contributed by atoms with E-state index < -0.39 is 0 Å². The van der Waals surface area contributed by atoms with E-state index in [4.69, 9.17) is 0 Å². The van der Waals surface area contributed by atoms with Crippen LogP contribution in [0.1, 0.15) is 0 Å². The molecule has 9 heavy (non-hydrogen) atoms. The lowest BCUT2D eigenvalue weighted by Crippen LogP contribution is -2.43. The standard InChI is InChI=1S/C5H7N4/c1-4-5(8-2-6-1)9-3-7-4/h1-3,5-6,8H,(H,7,9). The van der Waals surface area contributed by atoms with Crippen LogP contribution in [0.5, 0.6) is 0 Å². The minimum atomic E-state index is 0.186. The molecular formula is C5H7N4. The molecule has 0 bridgehead atoms. The number of aliphatic imine (C=N–C) groups is 1. The minimum absolute atomic E-state index is 0.186. The Hall–Kier alpha value is -1.03. The van der Waals surface area contributed by atoms with Crippen molar-refractivity contribution < 1.29 is 0 Å². The zero-order chi connectivity index (χ0) is 6.10. The number of nitrogens with one attached hydrogen (secondary N) is 3. The van der Waals surface area contributed by atoms with E-state index >= 15 is 0 Å². The molecule has 0 amide bonds. The van der Waals surface area contributed by atoms with Gasteiger partial charge in [0.15, 0.2) is 0 Å². The van der Waals surface area contributed by atoms with E-state index in [0.29, 0.717) is 0 Å². The molecule has 0 aromatic carbocycles. The summed E-state index contributed by atoms with van der Waals surface area (Å²) in [6.45, 7) is 1.77. The molecule has 0 fully saturated rings. The van der Waals surface area contributed by atoms with Crippen LogP contribution in [-0.4, -0.2) is 12.5 Å². The zero-order valence-corrected chi connectivity index (χ0v) is 4.76. The number of fused-ring (bicyclic) bond motifs is 1. The van der Waals surface area contributed by atoms with E-state index in [2.05, 4.69) is 20.9 Å². The van der Waals surface area contributed by atoms with Crippen LogP contribution in [0.3, 0.4) is 0 Å². The van der Waals surface area contributed by atoms with Crippen molar-refractivity contribution in [3.63, 3.8) is 0 Å². The van der Waals surface area contributed by atoms with Gasteiger partial charge in [0, 0.05) is 6.20 Å². The molecule has 0 spiro atoms. The fraction of sp³-hybridized carbons (Fsp3) is 0.200. The maximum atomic E-state index is 4.04. The van der Waals surface area contributed by atoms with Gasteiger partial charge in [-0.25, -0.2) is 4.99 Å². The summed E-state index contributed by atoms with van der Waals surface area (Å²) in [4.78, 5) is 4.04. The van der Waals surface area contributed by atoms with Gasteiger partial charge in [0.25, 0.3) is 0 Å². The van der Waals surface area contributed by atoms with Crippen LogP contribution < -0.4 is 16.0 Å². The van der Waals surface area contributed by atoms with Crippen LogP contribution in [-0.2, 0) is 0 Å². The molecule has 47 valence electrons. The largest absolute Gasteiger partial charge is 0.371 e. The molecule has 0 aromatic heterocycles. The molecule has 2 rings (SSSR count). The minimum Gasteiger partial charge on any atom is -0.371 e. The van der Waals surface area contributed by atoms with Crippen LogP contribution in [0.25, 0.3) is 0 Å². The van der Waals surface area contributed by atoms with Crippen molar-refractivity contribution in [2.45, 2.75) is 6.17 Å². The second-order valence-corrected chi connectivity index (χ2v) is 1.90. The number of nitrogens with zero attached hydrogens (tertiary/aromatic N) is 1. The maximum absolute atomic E-state index is 4.04. The van der Waals surface area contributed by atoms with E-state index in [-0.39, 0.29) is 6.17 Å². The Labute approximate surface area is 53.0 Å². The van der Waals surface area contributed by atoms with Crippen LogP contribution in [0.2, 0.25) is 0 Å². The lowest BCUT2D eigenvalue weighted by atomic mass is 10.3. The number of rotatable bonds is 0. The highest BCUT2D eigenvalue weighted by molar-refractivity contribution is 5.61. The molecule has 4 nitrogen and oxygen atoms in total. The first-order valence-electron chi connectivity index (χ1n) is 2.79. The van der Waals surface area contributed by atoms with Gasteiger partial charge in [-0.15, -0.1) is 0 Å². The molecule has 2 aliphatic heterocycles. The van der Waals surface area contributed by atoms with Crippen molar-refractivity contribution in [3.05, 3.63) is 18.6 Å². The summed E-state index contributed by atoms with van der Waals surface area (Å²) >= 11 is 0. The highest BCUT2D eigenvalue weighted by Gasteiger charge is 2.18. The fourth-order valence-electron chi connectivity index (χ4n) is 0.859. The van der Waals surface area contributed by atoms with E-state index in [1.807, 2.05) is 6.20 Å². The molecule has 1 radical (unpaired) electrons. The Balaban J connectivity index is 2.23. The zero-order valence-electron chi connectivity index (χ0n) is 4.76. The molecule has 2 heterocycles. The van der Waals surface area contributed by atoms with Gasteiger partial charge in [0.1, 0.15) is 12.8 Å². The maximum Gasteiger partial charge on any atom is 0.125 e. The Bertz CT molecular complexity index is 172. The quantitative estimate of drug-likeness (QED) is 0.391. The fourth-order valence-corrected chi connectivity index (χ4v) is 0.859. The first-order chi connectivity index (χ1) is 4.47. The number of hydrogen-bond donors (Lipinski definition) is 3. The monoisotopic (exact) mass is 123 g/mol. The van der Waals surface area contributed by atoms with Gasteiger partial charge in [-0.3, -0.25) is 5.32 Å². The first kappa shape index (κ1) is 4.81. The summed E-state index contributed by atoms with van der Waals surface area (Å²) in [6.07, 6.45) is 3.73. The molecule has 2 aliphatic rings. The second kappa shape index (κ2) is 1.73. The predicted octanol–water partition coefficient (Wildman–Crippen LogP) is -0.903. The molecule has 0 saturated heterocycles. The highest BCUT2D eigenvalue weighted by atomic mass is 15.3. The Morgan fingerprint density at radius 3 is 3.33 bits per heavy atom. The van der Waals surface area contributed by atoms with Gasteiger partial charge in [-0.2, -0.15) is 0 Å². The van der Waals surface area contributed by atoms with Crippen molar-refractivity contribution >= 4 is 6.34 Å². The second-order valence-electron chi connectivity index (χ2n) is 1.90. The predicted molar refractivity (Wildman–Crippen MR) is 34.1 cm³/mol. The summed E-state index contributed by atoms with van der Waals surface area (Å²) in [5.41, 5.74) is 0.998. The summed E-state index contributed by atoms with van der Waals surface area (Å²) in [6, 6.07) is 0. The molecule has 0 saturated carbocycles. The van der Waals surface area contributed by atoms with E-state index in [0.717, 1.165) is 5.70 Å². The SMILES string of the molecule is [CH]1NC=C2N=CNC2N1. The third-order valence-corrected chi connectivity index (χ3v) is 1.32. The molecule has 4 heteroatoms. The van der Waals surface area contributed by atoms with Gasteiger partial charge in [-0.1, -0.05) is 0 Å². The summed E-state index contributed by atoms with van der Waals surface area (Å²) in [5, 5.41) is 8.96. The Morgan fingerprint density at radius 2 is 2.44 bits per heavy atom. The molecule has 0 aliphatic carbocycles. The molecule has 1 unspecified atom stereocenters. The van der Waals surface area contributed by atoms with Gasteiger partial charge >= 0.3 is 0 Å². The third-order valence-electron chi connectivity index (χ3n) is 1.32.